The Morgan fingerprint density at radius 3 is 2.58 bits per heavy atom. The van der Waals surface area contributed by atoms with Crippen molar-refractivity contribution in [2.24, 2.45) is 4.99 Å². The van der Waals surface area contributed by atoms with E-state index in [9.17, 15) is 8.42 Å². The van der Waals surface area contributed by atoms with Crippen molar-refractivity contribution in [1.82, 2.24) is 19.9 Å². The van der Waals surface area contributed by atoms with Crippen LogP contribution in [0.25, 0.3) is 0 Å². The van der Waals surface area contributed by atoms with E-state index in [-0.39, 0.29) is 29.7 Å². The molecule has 0 aromatic carbocycles. The number of sulfonamides is 1. The van der Waals surface area contributed by atoms with E-state index in [1.165, 1.54) is 9.18 Å². The molecule has 0 radical (unpaired) electrons. The van der Waals surface area contributed by atoms with Crippen molar-refractivity contribution < 1.29 is 8.42 Å². The maximum absolute atomic E-state index is 11.7. The highest BCUT2D eigenvalue weighted by atomic mass is 127. The molecule has 1 aromatic heterocycles. The minimum absolute atomic E-state index is 0. The van der Waals surface area contributed by atoms with Gasteiger partial charge in [0.1, 0.15) is 0 Å². The third kappa shape index (κ3) is 6.12. The van der Waals surface area contributed by atoms with Gasteiger partial charge in [0, 0.05) is 44.5 Å². The summed E-state index contributed by atoms with van der Waals surface area (Å²) in [5, 5.41) is 7.50. The van der Waals surface area contributed by atoms with Crippen molar-refractivity contribution in [1.29, 1.82) is 0 Å². The van der Waals surface area contributed by atoms with Gasteiger partial charge in [-0.2, -0.15) is 0 Å². The van der Waals surface area contributed by atoms with Crippen LogP contribution in [0.2, 0.25) is 0 Å². The Morgan fingerprint density at radius 2 is 2.04 bits per heavy atom. The summed E-state index contributed by atoms with van der Waals surface area (Å²) in [5.74, 6) is 0.957. The molecule has 24 heavy (non-hydrogen) atoms. The molecule has 0 amide bonds. The number of nitrogens with one attached hydrogen (secondary N) is 2. The third-order valence-corrected chi connectivity index (χ3v) is 6.87. The Labute approximate surface area is 165 Å². The minimum atomic E-state index is -3.02. The molecule has 0 atom stereocenters. The maximum atomic E-state index is 11.7. The van der Waals surface area contributed by atoms with Gasteiger partial charge < -0.3 is 10.6 Å². The van der Waals surface area contributed by atoms with E-state index in [1.807, 2.05) is 6.92 Å². The smallest absolute Gasteiger partial charge is 0.214 e. The largest absolute Gasteiger partial charge is 0.356 e. The van der Waals surface area contributed by atoms with Gasteiger partial charge in [0.2, 0.25) is 10.0 Å². The van der Waals surface area contributed by atoms with Crippen molar-refractivity contribution in [2.45, 2.75) is 26.7 Å². The van der Waals surface area contributed by atoms with Crippen molar-refractivity contribution in [3.63, 3.8) is 0 Å². The molecule has 2 rings (SSSR count). The summed E-state index contributed by atoms with van der Waals surface area (Å²) in [7, 11) is -1.31. The van der Waals surface area contributed by atoms with E-state index in [1.54, 1.807) is 18.4 Å². The van der Waals surface area contributed by atoms with Crippen molar-refractivity contribution in [3.8, 4) is 0 Å². The van der Waals surface area contributed by atoms with Crippen LogP contribution in [0.4, 0.5) is 0 Å². The summed E-state index contributed by atoms with van der Waals surface area (Å²) in [5.41, 5.74) is 1.10. The first-order valence-corrected chi connectivity index (χ1v) is 10.2. The summed E-state index contributed by atoms with van der Waals surface area (Å²) < 4.78 is 25.0. The van der Waals surface area contributed by atoms with Crippen LogP contribution in [0.15, 0.2) is 4.99 Å². The molecule has 1 saturated heterocycles. The summed E-state index contributed by atoms with van der Waals surface area (Å²) in [6.07, 6.45) is 1.57. The SMILES string of the molecule is CN=C(NCCc1nc(C)c(C)s1)NCCN1CCCS1(=O)=O.I. The number of aryl methyl sites for hydroxylation is 2. The van der Waals surface area contributed by atoms with Crippen LogP contribution >= 0.6 is 35.3 Å². The first-order valence-electron chi connectivity index (χ1n) is 7.77. The minimum Gasteiger partial charge on any atom is -0.356 e. The molecule has 1 aromatic rings. The summed E-state index contributed by atoms with van der Waals surface area (Å²) in [6.45, 7) is 6.50. The van der Waals surface area contributed by atoms with Crippen molar-refractivity contribution in [2.75, 3.05) is 39.0 Å². The highest BCUT2D eigenvalue weighted by Crippen LogP contribution is 2.16. The van der Waals surface area contributed by atoms with Crippen LogP contribution in [-0.2, 0) is 16.4 Å². The zero-order valence-corrected chi connectivity index (χ0v) is 18.3. The zero-order chi connectivity index (χ0) is 16.9. The predicted molar refractivity (Wildman–Crippen MR) is 110 cm³/mol. The standard InChI is InChI=1S/C14H25N5O2S2.HI/c1-11-12(2)22-13(18-11)5-6-16-14(15-3)17-7-9-19-8-4-10-23(19,20)21;/h4-10H2,1-3H3,(H2,15,16,17);1H. The molecule has 0 saturated carbocycles. The number of nitrogens with zero attached hydrogens (tertiary/aromatic N) is 3. The van der Waals surface area contributed by atoms with Gasteiger partial charge in [-0.05, 0) is 20.3 Å². The molecule has 0 bridgehead atoms. The lowest BCUT2D eigenvalue weighted by molar-refractivity contribution is 0.445. The molecular weight excluding hydrogens is 461 g/mol. The van der Waals surface area contributed by atoms with Gasteiger partial charge in [-0.15, -0.1) is 35.3 Å². The molecule has 1 aliphatic rings. The van der Waals surface area contributed by atoms with Crippen LogP contribution in [0, 0.1) is 13.8 Å². The van der Waals surface area contributed by atoms with Crippen LogP contribution in [0.3, 0.4) is 0 Å². The van der Waals surface area contributed by atoms with Crippen LogP contribution in [-0.4, -0.2) is 62.6 Å². The highest BCUT2D eigenvalue weighted by molar-refractivity contribution is 14.0. The molecule has 0 spiro atoms. The summed E-state index contributed by atoms with van der Waals surface area (Å²) in [4.78, 5) is 9.92. The number of aliphatic imine (C=N–C) groups is 1. The van der Waals surface area contributed by atoms with Crippen LogP contribution < -0.4 is 10.6 Å². The Morgan fingerprint density at radius 1 is 1.33 bits per heavy atom. The number of aromatic nitrogens is 1. The van der Waals surface area contributed by atoms with Crippen LogP contribution in [0.1, 0.15) is 22.0 Å². The summed E-state index contributed by atoms with van der Waals surface area (Å²) >= 11 is 1.72. The fourth-order valence-corrected chi connectivity index (χ4v) is 4.86. The zero-order valence-electron chi connectivity index (χ0n) is 14.3. The molecule has 10 heteroatoms. The number of guanidine groups is 1. The lowest BCUT2D eigenvalue weighted by Gasteiger charge is -2.16. The van der Waals surface area contributed by atoms with Crippen molar-refractivity contribution in [3.05, 3.63) is 15.6 Å². The number of rotatable bonds is 6. The number of hydrogen-bond donors (Lipinski definition) is 2. The molecule has 0 unspecified atom stereocenters. The second-order valence-electron chi connectivity index (χ2n) is 5.49. The predicted octanol–water partition coefficient (Wildman–Crippen LogP) is 1.12. The van der Waals surface area contributed by atoms with E-state index in [0.29, 0.717) is 25.6 Å². The van der Waals surface area contributed by atoms with E-state index >= 15 is 0 Å². The van der Waals surface area contributed by atoms with E-state index in [2.05, 4.69) is 27.5 Å². The van der Waals surface area contributed by atoms with Crippen molar-refractivity contribution >= 4 is 51.3 Å². The second-order valence-corrected chi connectivity index (χ2v) is 8.87. The van der Waals surface area contributed by atoms with E-state index in [4.69, 9.17) is 0 Å². The molecule has 2 N–H and O–H groups in total. The average Bonchev–Trinajstić information content (AvgIpc) is 2.99. The molecule has 2 heterocycles. The van der Waals surface area contributed by atoms with Gasteiger partial charge in [-0.1, -0.05) is 0 Å². The van der Waals surface area contributed by atoms with Gasteiger partial charge in [0.25, 0.3) is 0 Å². The average molecular weight is 487 g/mol. The molecule has 7 nitrogen and oxygen atoms in total. The van der Waals surface area contributed by atoms with Gasteiger partial charge in [-0.25, -0.2) is 17.7 Å². The lowest BCUT2D eigenvalue weighted by Crippen LogP contribution is -2.42. The third-order valence-electron chi connectivity index (χ3n) is 3.78. The molecule has 1 aliphatic heterocycles. The first kappa shape index (κ1) is 21.6. The fourth-order valence-electron chi connectivity index (χ4n) is 2.40. The van der Waals surface area contributed by atoms with E-state index in [0.717, 1.165) is 30.1 Å². The maximum Gasteiger partial charge on any atom is 0.214 e. The lowest BCUT2D eigenvalue weighted by atomic mass is 10.4. The Hall–Kier alpha value is -0.460. The molecule has 138 valence electrons. The number of thiazole rings is 1. The van der Waals surface area contributed by atoms with Gasteiger partial charge in [-0.3, -0.25) is 4.99 Å². The molecule has 0 aliphatic carbocycles. The topological polar surface area (TPSA) is 86.7 Å². The monoisotopic (exact) mass is 487 g/mol. The second kappa shape index (κ2) is 9.88. The first-order chi connectivity index (χ1) is 10.9. The normalized spacial score (nSPS) is 17.5. The number of hydrogen-bond acceptors (Lipinski definition) is 5. The number of halogens is 1. The Kier molecular flexibility index (Phi) is 8.88. The fraction of sp³-hybridized carbons (Fsp3) is 0.714. The Balaban J connectivity index is 0.00000288. The highest BCUT2D eigenvalue weighted by Gasteiger charge is 2.27. The Bertz CT molecular complexity index is 641. The molecular formula is C14H26IN5O2S2. The quantitative estimate of drug-likeness (QED) is 0.357. The van der Waals surface area contributed by atoms with Gasteiger partial charge in [0.15, 0.2) is 5.96 Å². The molecule has 1 fully saturated rings. The van der Waals surface area contributed by atoms with Gasteiger partial charge >= 0.3 is 0 Å². The van der Waals surface area contributed by atoms with Gasteiger partial charge in [0.05, 0.1) is 16.5 Å². The van der Waals surface area contributed by atoms with Crippen LogP contribution in [0.5, 0.6) is 0 Å². The van der Waals surface area contributed by atoms with E-state index < -0.39 is 10.0 Å². The summed E-state index contributed by atoms with van der Waals surface area (Å²) in [6, 6.07) is 0.